The minimum absolute atomic E-state index is 0.0409. The first kappa shape index (κ1) is 18.8. The molecular weight excluding hydrogens is 445 g/mol. The van der Waals surface area contributed by atoms with Gasteiger partial charge in [0, 0.05) is 10.0 Å². The first-order valence-electron chi connectivity index (χ1n) is 8.50. The van der Waals surface area contributed by atoms with Crippen LogP contribution in [0, 0.1) is 12.3 Å². The van der Waals surface area contributed by atoms with Crippen LogP contribution in [0.15, 0.2) is 39.9 Å². The maximum atomic E-state index is 13.7. The number of likely N-dealkylation sites (tertiary alicyclic amines) is 1. The first-order chi connectivity index (χ1) is 13.3. The molecule has 0 aliphatic carbocycles. The van der Waals surface area contributed by atoms with E-state index < -0.39 is 5.67 Å². The third-order valence-electron chi connectivity index (χ3n) is 4.62. The Morgan fingerprint density at radius 1 is 1.46 bits per heavy atom. The van der Waals surface area contributed by atoms with Gasteiger partial charge < -0.3 is 4.90 Å². The molecule has 1 aliphatic heterocycles. The summed E-state index contributed by atoms with van der Waals surface area (Å²) in [5, 5.41) is 0.394. The lowest BCUT2D eigenvalue weighted by atomic mass is 9.99. The van der Waals surface area contributed by atoms with Crippen molar-refractivity contribution in [3.63, 3.8) is 0 Å². The Bertz CT molecular complexity index is 1200. The summed E-state index contributed by atoms with van der Waals surface area (Å²) >= 11 is 4.70. The molecule has 5 nitrogen and oxygen atoms in total. The predicted molar refractivity (Wildman–Crippen MR) is 111 cm³/mol. The number of benzene rings is 1. The van der Waals surface area contributed by atoms with Crippen LogP contribution in [0.25, 0.3) is 21.3 Å². The topological polar surface area (TPSA) is 55.2 Å². The molecule has 3 aromatic rings. The number of alkyl halides is 1. The molecule has 1 aromatic carbocycles. The number of halogens is 2. The van der Waals surface area contributed by atoms with Gasteiger partial charge in [0.25, 0.3) is 5.56 Å². The van der Waals surface area contributed by atoms with Gasteiger partial charge in [-0.2, -0.15) is 0 Å². The van der Waals surface area contributed by atoms with Crippen molar-refractivity contribution in [3.8, 4) is 23.5 Å². The lowest BCUT2D eigenvalue weighted by Crippen LogP contribution is -2.60. The summed E-state index contributed by atoms with van der Waals surface area (Å²) in [6.07, 6.45) is 7.01. The van der Waals surface area contributed by atoms with Gasteiger partial charge in [0.15, 0.2) is 0 Å². The number of rotatable bonds is 3. The molecule has 0 radical (unpaired) electrons. The first-order valence-corrected chi connectivity index (χ1v) is 10.1. The maximum absolute atomic E-state index is 13.7. The summed E-state index contributed by atoms with van der Waals surface area (Å²) < 4.78 is 15.8. The molecule has 1 saturated heterocycles. The minimum Gasteiger partial charge on any atom is -0.335 e. The number of amides is 1. The van der Waals surface area contributed by atoms with Crippen molar-refractivity contribution in [1.29, 1.82) is 0 Å². The van der Waals surface area contributed by atoms with E-state index in [4.69, 9.17) is 6.42 Å². The second-order valence-corrected chi connectivity index (χ2v) is 8.90. The van der Waals surface area contributed by atoms with E-state index in [2.05, 4.69) is 26.8 Å². The lowest BCUT2D eigenvalue weighted by Gasteiger charge is -2.42. The van der Waals surface area contributed by atoms with Gasteiger partial charge in [-0.15, -0.1) is 17.8 Å². The number of carbonyl (C=O) groups is 1. The van der Waals surface area contributed by atoms with Crippen molar-refractivity contribution >= 4 is 43.4 Å². The molecule has 0 bridgehead atoms. The Labute approximate surface area is 172 Å². The summed E-state index contributed by atoms with van der Waals surface area (Å²) in [5.41, 5.74) is -0.253. The molecular formula is C20H15BrFN3O2S. The number of carbonyl (C=O) groups excluding carboxylic acids is 1. The van der Waals surface area contributed by atoms with E-state index in [0.717, 1.165) is 10.0 Å². The fourth-order valence-electron chi connectivity index (χ4n) is 3.33. The summed E-state index contributed by atoms with van der Waals surface area (Å²) in [4.78, 5) is 32.4. The van der Waals surface area contributed by atoms with E-state index in [1.54, 1.807) is 0 Å². The molecule has 1 fully saturated rings. The Morgan fingerprint density at radius 2 is 2.21 bits per heavy atom. The van der Waals surface area contributed by atoms with Crippen molar-refractivity contribution in [2.45, 2.75) is 19.1 Å². The van der Waals surface area contributed by atoms with Crippen LogP contribution in [-0.4, -0.2) is 39.1 Å². The molecule has 0 unspecified atom stereocenters. The fourth-order valence-corrected chi connectivity index (χ4v) is 4.70. The van der Waals surface area contributed by atoms with Crippen LogP contribution in [0.4, 0.5) is 4.39 Å². The van der Waals surface area contributed by atoms with Crippen LogP contribution in [0.2, 0.25) is 0 Å². The maximum Gasteiger partial charge on any atom is 0.263 e. The van der Waals surface area contributed by atoms with Gasteiger partial charge in [-0.05, 0) is 24.6 Å². The van der Waals surface area contributed by atoms with E-state index in [-0.39, 0.29) is 31.1 Å². The molecule has 1 aliphatic rings. The van der Waals surface area contributed by atoms with Crippen LogP contribution in [0.5, 0.6) is 0 Å². The number of aromatic nitrogens is 2. The number of fused-ring (bicyclic) bond motifs is 1. The molecule has 4 rings (SSSR count). The highest BCUT2D eigenvalue weighted by Crippen LogP contribution is 2.36. The zero-order chi connectivity index (χ0) is 20.1. The van der Waals surface area contributed by atoms with Crippen molar-refractivity contribution < 1.29 is 9.18 Å². The van der Waals surface area contributed by atoms with Crippen LogP contribution in [-0.2, 0) is 11.3 Å². The third-order valence-corrected chi connectivity index (χ3v) is 6.14. The average molecular weight is 460 g/mol. The number of hydrogen-bond donors (Lipinski definition) is 0. The SMILES string of the molecule is C#Cc1sc2ncn(CC(=O)N3CC(C)(F)C3)c(=O)c2c1-c1cccc(Br)c1. The molecule has 1 amide bonds. The molecule has 2 aromatic heterocycles. The standard InChI is InChI=1S/C20H15BrFN3O2S/c1-3-14-16(12-5-4-6-13(21)7-12)17-18(28-14)23-11-24(19(17)27)8-15(26)25-9-20(2,22)10-25/h1,4-7,11H,8-10H2,2H3. The van der Waals surface area contributed by atoms with Gasteiger partial charge in [-0.1, -0.05) is 34.0 Å². The second-order valence-electron chi connectivity index (χ2n) is 6.98. The highest BCUT2D eigenvalue weighted by atomic mass is 79.9. The number of nitrogens with zero attached hydrogens (tertiary/aromatic N) is 3. The Morgan fingerprint density at radius 3 is 2.86 bits per heavy atom. The summed E-state index contributed by atoms with van der Waals surface area (Å²) in [6.45, 7) is 1.35. The van der Waals surface area contributed by atoms with Crippen LogP contribution in [0.3, 0.4) is 0 Å². The van der Waals surface area contributed by atoms with Gasteiger partial charge in [0.2, 0.25) is 5.91 Å². The van der Waals surface area contributed by atoms with Gasteiger partial charge in [0.1, 0.15) is 17.0 Å². The highest BCUT2D eigenvalue weighted by molar-refractivity contribution is 9.10. The predicted octanol–water partition coefficient (Wildman–Crippen LogP) is 3.44. The molecule has 142 valence electrons. The zero-order valence-corrected chi connectivity index (χ0v) is 17.3. The van der Waals surface area contributed by atoms with E-state index in [1.165, 1.54) is 34.1 Å². The highest BCUT2D eigenvalue weighted by Gasteiger charge is 2.41. The molecule has 0 saturated carbocycles. The Balaban J connectivity index is 1.78. The van der Waals surface area contributed by atoms with Gasteiger partial charge in [-0.25, -0.2) is 9.37 Å². The summed E-state index contributed by atoms with van der Waals surface area (Å²) in [7, 11) is 0. The van der Waals surface area contributed by atoms with E-state index in [0.29, 0.717) is 20.7 Å². The van der Waals surface area contributed by atoms with Crippen molar-refractivity contribution in [2.75, 3.05) is 13.1 Å². The normalized spacial score (nSPS) is 15.3. The number of hydrogen-bond acceptors (Lipinski definition) is 4. The van der Waals surface area contributed by atoms with Crippen LogP contribution in [0.1, 0.15) is 11.8 Å². The number of thiophene rings is 1. The monoisotopic (exact) mass is 459 g/mol. The molecule has 0 spiro atoms. The van der Waals surface area contributed by atoms with E-state index >= 15 is 0 Å². The zero-order valence-electron chi connectivity index (χ0n) is 14.9. The van der Waals surface area contributed by atoms with E-state index in [9.17, 15) is 14.0 Å². The van der Waals surface area contributed by atoms with E-state index in [1.807, 2.05) is 24.3 Å². The number of terminal acetylenes is 1. The smallest absolute Gasteiger partial charge is 0.263 e. The van der Waals surface area contributed by atoms with Crippen LogP contribution >= 0.6 is 27.3 Å². The Kier molecular flexibility index (Phi) is 4.60. The van der Waals surface area contributed by atoms with Crippen molar-refractivity contribution in [2.24, 2.45) is 0 Å². The average Bonchev–Trinajstić information content (AvgIpc) is 3.01. The summed E-state index contributed by atoms with van der Waals surface area (Å²) in [6, 6.07) is 7.50. The van der Waals surface area contributed by atoms with Gasteiger partial charge >= 0.3 is 0 Å². The van der Waals surface area contributed by atoms with Crippen LogP contribution < -0.4 is 5.56 Å². The molecule has 8 heteroatoms. The molecule has 0 atom stereocenters. The molecule has 28 heavy (non-hydrogen) atoms. The quantitative estimate of drug-likeness (QED) is 0.563. The van der Waals surface area contributed by atoms with Crippen molar-refractivity contribution in [3.05, 3.63) is 50.3 Å². The van der Waals surface area contributed by atoms with Crippen molar-refractivity contribution in [1.82, 2.24) is 14.5 Å². The summed E-state index contributed by atoms with van der Waals surface area (Å²) in [5.74, 6) is 2.32. The fraction of sp³-hybridized carbons (Fsp3) is 0.250. The van der Waals surface area contributed by atoms with Gasteiger partial charge in [-0.3, -0.25) is 14.2 Å². The van der Waals surface area contributed by atoms with Gasteiger partial charge in [0.05, 0.1) is 29.7 Å². The lowest BCUT2D eigenvalue weighted by molar-refractivity contribution is -0.144. The molecule has 0 N–H and O–H groups in total. The largest absolute Gasteiger partial charge is 0.335 e. The minimum atomic E-state index is -1.36. The molecule has 3 heterocycles. The third kappa shape index (κ3) is 3.25. The Hall–Kier alpha value is -2.50. The second kappa shape index (κ2) is 6.83.